The Morgan fingerprint density at radius 3 is 2.16 bits per heavy atom. The van der Waals surface area contributed by atoms with Gasteiger partial charge < -0.3 is 14.4 Å². The number of piperidine rings is 1. The Labute approximate surface area is 181 Å². The topological polar surface area (TPSA) is 88.6 Å². The van der Waals surface area contributed by atoms with Crippen molar-refractivity contribution in [2.75, 3.05) is 45.8 Å². The van der Waals surface area contributed by atoms with E-state index in [1.165, 1.54) is 18.0 Å². The normalized spacial score (nSPS) is 18.2. The SMILES string of the molecule is Cn1c(=O)c2c(nc(CCCN3CCN(C(=O)N4CCCCC4)CC3)n2C)n(C)c1=O. The molecule has 0 spiro atoms. The second kappa shape index (κ2) is 8.86. The molecule has 0 unspecified atom stereocenters. The summed E-state index contributed by atoms with van der Waals surface area (Å²) in [6.45, 7) is 6.04. The van der Waals surface area contributed by atoms with Crippen molar-refractivity contribution in [1.29, 1.82) is 0 Å². The van der Waals surface area contributed by atoms with Crippen LogP contribution in [0.25, 0.3) is 11.2 Å². The molecule has 2 aromatic heterocycles. The molecule has 0 N–H and O–H groups in total. The van der Waals surface area contributed by atoms with E-state index in [-0.39, 0.29) is 17.3 Å². The molecule has 31 heavy (non-hydrogen) atoms. The van der Waals surface area contributed by atoms with Crippen LogP contribution in [0, 0.1) is 0 Å². The van der Waals surface area contributed by atoms with Crippen LogP contribution in [-0.2, 0) is 27.6 Å². The molecule has 2 aliphatic rings. The Morgan fingerprint density at radius 2 is 1.48 bits per heavy atom. The van der Waals surface area contributed by atoms with E-state index in [2.05, 4.69) is 9.88 Å². The molecule has 0 aromatic carbocycles. The maximum Gasteiger partial charge on any atom is 0.332 e. The van der Waals surface area contributed by atoms with Crippen LogP contribution < -0.4 is 11.2 Å². The van der Waals surface area contributed by atoms with E-state index in [1.54, 1.807) is 7.05 Å². The lowest BCUT2D eigenvalue weighted by atomic mass is 10.1. The third-order valence-electron chi connectivity index (χ3n) is 6.71. The van der Waals surface area contributed by atoms with Crippen LogP contribution >= 0.6 is 0 Å². The molecule has 4 heterocycles. The summed E-state index contributed by atoms with van der Waals surface area (Å²) in [5, 5.41) is 0. The van der Waals surface area contributed by atoms with E-state index in [0.717, 1.165) is 81.9 Å². The Morgan fingerprint density at radius 1 is 0.839 bits per heavy atom. The van der Waals surface area contributed by atoms with E-state index >= 15 is 0 Å². The summed E-state index contributed by atoms with van der Waals surface area (Å²) in [6.07, 6.45) is 5.11. The minimum absolute atomic E-state index is 0.200. The summed E-state index contributed by atoms with van der Waals surface area (Å²) in [7, 11) is 4.97. The number of rotatable bonds is 4. The number of carbonyl (C=O) groups is 1. The van der Waals surface area contributed by atoms with Gasteiger partial charge in [-0.2, -0.15) is 0 Å². The number of carbonyl (C=O) groups excluding carboxylic acids is 1. The highest BCUT2D eigenvalue weighted by Gasteiger charge is 2.26. The van der Waals surface area contributed by atoms with E-state index in [4.69, 9.17) is 0 Å². The van der Waals surface area contributed by atoms with Crippen molar-refractivity contribution in [2.24, 2.45) is 21.1 Å². The summed E-state index contributed by atoms with van der Waals surface area (Å²) in [5.74, 6) is 0.812. The molecule has 10 heteroatoms. The lowest BCUT2D eigenvalue weighted by Crippen LogP contribution is -2.53. The van der Waals surface area contributed by atoms with Crippen molar-refractivity contribution in [1.82, 2.24) is 33.4 Å². The van der Waals surface area contributed by atoms with Gasteiger partial charge in [0.25, 0.3) is 5.56 Å². The third-order valence-corrected chi connectivity index (χ3v) is 6.71. The van der Waals surface area contributed by atoms with Gasteiger partial charge in [-0.15, -0.1) is 0 Å². The molecule has 2 fully saturated rings. The number of hydrogen-bond donors (Lipinski definition) is 0. The molecule has 0 radical (unpaired) electrons. The van der Waals surface area contributed by atoms with Crippen molar-refractivity contribution >= 4 is 17.2 Å². The number of aromatic nitrogens is 4. The van der Waals surface area contributed by atoms with Crippen LogP contribution in [0.1, 0.15) is 31.5 Å². The first kappa shape index (κ1) is 21.6. The number of imidazole rings is 1. The van der Waals surface area contributed by atoms with Crippen molar-refractivity contribution in [3.8, 4) is 0 Å². The van der Waals surface area contributed by atoms with Crippen LogP contribution in [0.2, 0.25) is 0 Å². The van der Waals surface area contributed by atoms with Gasteiger partial charge in [-0.05, 0) is 32.2 Å². The van der Waals surface area contributed by atoms with E-state index in [1.807, 2.05) is 21.4 Å². The zero-order valence-electron chi connectivity index (χ0n) is 18.8. The van der Waals surface area contributed by atoms with E-state index in [0.29, 0.717) is 11.2 Å². The minimum Gasteiger partial charge on any atom is -0.325 e. The van der Waals surface area contributed by atoms with Gasteiger partial charge in [0.15, 0.2) is 11.2 Å². The number of aryl methyl sites for hydroxylation is 3. The Bertz CT molecular complexity index is 1070. The molecule has 0 aliphatic carbocycles. The van der Waals surface area contributed by atoms with E-state index < -0.39 is 0 Å². The van der Waals surface area contributed by atoms with Gasteiger partial charge in [-0.3, -0.25) is 18.8 Å². The van der Waals surface area contributed by atoms with Gasteiger partial charge >= 0.3 is 11.7 Å². The van der Waals surface area contributed by atoms with Gasteiger partial charge in [0.05, 0.1) is 0 Å². The second-order valence-corrected chi connectivity index (χ2v) is 8.73. The molecule has 2 saturated heterocycles. The van der Waals surface area contributed by atoms with Gasteiger partial charge in [0.2, 0.25) is 0 Å². The monoisotopic (exact) mass is 431 g/mol. The fourth-order valence-corrected chi connectivity index (χ4v) is 4.70. The summed E-state index contributed by atoms with van der Waals surface area (Å²) < 4.78 is 4.36. The summed E-state index contributed by atoms with van der Waals surface area (Å²) >= 11 is 0. The first-order valence-corrected chi connectivity index (χ1v) is 11.3. The van der Waals surface area contributed by atoms with Crippen LogP contribution in [0.3, 0.4) is 0 Å². The molecule has 0 bridgehead atoms. The average Bonchev–Trinajstić information content (AvgIpc) is 3.13. The van der Waals surface area contributed by atoms with Gasteiger partial charge in [-0.25, -0.2) is 14.6 Å². The average molecular weight is 432 g/mol. The Hall–Kier alpha value is -2.62. The maximum absolute atomic E-state index is 12.7. The highest BCUT2D eigenvalue weighted by Crippen LogP contribution is 2.14. The number of likely N-dealkylation sites (tertiary alicyclic amines) is 1. The van der Waals surface area contributed by atoms with Crippen LogP contribution in [0.4, 0.5) is 4.79 Å². The minimum atomic E-state index is -0.362. The van der Waals surface area contributed by atoms with Crippen LogP contribution in [0.15, 0.2) is 9.59 Å². The van der Waals surface area contributed by atoms with Crippen molar-refractivity contribution in [3.63, 3.8) is 0 Å². The largest absolute Gasteiger partial charge is 0.332 e. The third kappa shape index (κ3) is 4.13. The summed E-state index contributed by atoms with van der Waals surface area (Å²) in [4.78, 5) is 48.3. The lowest BCUT2D eigenvalue weighted by molar-refractivity contribution is 0.107. The number of urea groups is 1. The molecule has 2 aromatic rings. The number of fused-ring (bicyclic) bond motifs is 1. The molecule has 2 amide bonds. The fourth-order valence-electron chi connectivity index (χ4n) is 4.70. The molecule has 2 aliphatic heterocycles. The lowest BCUT2D eigenvalue weighted by Gasteiger charge is -2.38. The van der Waals surface area contributed by atoms with Crippen LogP contribution in [-0.4, -0.2) is 85.2 Å². The number of piperazine rings is 1. The van der Waals surface area contributed by atoms with Gasteiger partial charge in [0, 0.05) is 66.8 Å². The molecule has 0 atom stereocenters. The van der Waals surface area contributed by atoms with Crippen molar-refractivity contribution in [3.05, 3.63) is 26.7 Å². The second-order valence-electron chi connectivity index (χ2n) is 8.73. The smallest absolute Gasteiger partial charge is 0.325 e. The molecule has 4 rings (SSSR count). The molecular formula is C21H33N7O3. The first-order valence-electron chi connectivity index (χ1n) is 11.3. The first-order chi connectivity index (χ1) is 14.9. The van der Waals surface area contributed by atoms with E-state index in [9.17, 15) is 14.4 Å². The van der Waals surface area contributed by atoms with Crippen molar-refractivity contribution in [2.45, 2.75) is 32.1 Å². The van der Waals surface area contributed by atoms with Crippen molar-refractivity contribution < 1.29 is 4.79 Å². The number of amides is 2. The summed E-state index contributed by atoms with van der Waals surface area (Å²) in [5.41, 5.74) is 0.229. The zero-order chi connectivity index (χ0) is 22.1. The predicted octanol–water partition coefficient (Wildman–Crippen LogP) is 0.127. The van der Waals surface area contributed by atoms with Gasteiger partial charge in [-0.1, -0.05) is 0 Å². The van der Waals surface area contributed by atoms with Gasteiger partial charge in [0.1, 0.15) is 5.82 Å². The zero-order valence-corrected chi connectivity index (χ0v) is 18.8. The Kier molecular flexibility index (Phi) is 6.17. The highest BCUT2D eigenvalue weighted by atomic mass is 16.2. The quantitative estimate of drug-likeness (QED) is 0.687. The number of hydrogen-bond acceptors (Lipinski definition) is 5. The highest BCUT2D eigenvalue weighted by molar-refractivity contribution is 5.74. The molecule has 0 saturated carbocycles. The fraction of sp³-hybridized carbons (Fsp3) is 0.714. The summed E-state index contributed by atoms with van der Waals surface area (Å²) in [6, 6.07) is 0.200. The molecule has 170 valence electrons. The number of nitrogens with zero attached hydrogens (tertiary/aromatic N) is 7. The van der Waals surface area contributed by atoms with Crippen LogP contribution in [0.5, 0.6) is 0 Å². The molecular weight excluding hydrogens is 398 g/mol. The molecule has 10 nitrogen and oxygen atoms in total. The predicted molar refractivity (Wildman–Crippen MR) is 118 cm³/mol. The standard InChI is InChI=1S/C21H33N7O3/c1-23-16(22-18-17(23)19(29)25(3)20(30)24(18)2)8-7-9-26-12-14-28(15-13-26)21(31)27-10-5-4-6-11-27/h4-15H2,1-3H3. The Balaban J connectivity index is 1.32. The maximum atomic E-state index is 12.7.